The minimum Gasteiger partial charge on any atom is -0.361 e. The van der Waals surface area contributed by atoms with Gasteiger partial charge in [0.15, 0.2) is 15.7 Å². The van der Waals surface area contributed by atoms with E-state index in [0.717, 1.165) is 30.2 Å². The highest BCUT2D eigenvalue weighted by Gasteiger charge is 2.24. The van der Waals surface area contributed by atoms with E-state index >= 15 is 0 Å². The summed E-state index contributed by atoms with van der Waals surface area (Å²) < 4.78 is 24.7. The van der Waals surface area contributed by atoms with Gasteiger partial charge in [0.05, 0.1) is 10.6 Å². The molecule has 8 nitrogen and oxygen atoms in total. The Morgan fingerprint density at radius 3 is 2.53 bits per heavy atom. The van der Waals surface area contributed by atoms with Gasteiger partial charge < -0.3 is 10.6 Å². The standard InChI is InChI=1S/C23H24N4O4S/c1-15-3-6-17(22(28)26-18-7-8-18)13-20(15)27-12-11-24-21(23(27)29)25-14-16-4-9-19(10-5-16)32(2,30)31/h3-6,9-13,18H,7-8,14H2,1-2H3,(H,24,25)(H,26,28). The lowest BCUT2D eigenvalue weighted by atomic mass is 10.1. The van der Waals surface area contributed by atoms with E-state index < -0.39 is 9.84 Å². The number of benzene rings is 2. The maximum atomic E-state index is 13.1. The zero-order chi connectivity index (χ0) is 22.9. The molecule has 0 radical (unpaired) electrons. The Morgan fingerprint density at radius 2 is 1.88 bits per heavy atom. The Labute approximate surface area is 186 Å². The molecule has 32 heavy (non-hydrogen) atoms. The number of carbonyl (C=O) groups is 1. The molecule has 0 aliphatic heterocycles. The van der Waals surface area contributed by atoms with Crippen molar-refractivity contribution in [1.29, 1.82) is 0 Å². The first kappa shape index (κ1) is 21.8. The Kier molecular flexibility index (Phi) is 5.84. The molecule has 0 atom stereocenters. The lowest BCUT2D eigenvalue weighted by Crippen LogP contribution is -2.26. The first-order chi connectivity index (χ1) is 15.2. The number of carbonyl (C=O) groups excluding carboxylic acids is 1. The summed E-state index contributed by atoms with van der Waals surface area (Å²) >= 11 is 0. The zero-order valence-electron chi connectivity index (χ0n) is 17.8. The molecule has 1 fully saturated rings. The van der Waals surface area contributed by atoms with E-state index in [1.807, 2.05) is 13.0 Å². The fraction of sp³-hybridized carbons (Fsp3) is 0.261. The number of aromatic nitrogens is 2. The van der Waals surface area contributed by atoms with Crippen molar-refractivity contribution in [2.45, 2.75) is 37.2 Å². The summed E-state index contributed by atoms with van der Waals surface area (Å²) in [6.07, 6.45) is 6.25. The van der Waals surface area contributed by atoms with Crippen LogP contribution < -0.4 is 16.2 Å². The monoisotopic (exact) mass is 452 g/mol. The van der Waals surface area contributed by atoms with Gasteiger partial charge in [-0.3, -0.25) is 14.2 Å². The van der Waals surface area contributed by atoms with Gasteiger partial charge in [-0.05, 0) is 55.2 Å². The number of nitrogens with zero attached hydrogens (tertiary/aromatic N) is 2. The molecule has 2 aromatic carbocycles. The van der Waals surface area contributed by atoms with Crippen molar-refractivity contribution < 1.29 is 13.2 Å². The van der Waals surface area contributed by atoms with Crippen molar-refractivity contribution in [3.63, 3.8) is 0 Å². The summed E-state index contributed by atoms with van der Waals surface area (Å²) in [7, 11) is -3.26. The van der Waals surface area contributed by atoms with Crippen LogP contribution in [0, 0.1) is 6.92 Å². The molecule has 0 unspecified atom stereocenters. The van der Waals surface area contributed by atoms with Crippen LogP contribution in [0.5, 0.6) is 0 Å². The van der Waals surface area contributed by atoms with Crippen LogP contribution in [0.1, 0.15) is 34.3 Å². The minimum absolute atomic E-state index is 0.147. The van der Waals surface area contributed by atoms with E-state index in [1.54, 1.807) is 30.5 Å². The van der Waals surface area contributed by atoms with Gasteiger partial charge in [-0.15, -0.1) is 0 Å². The highest BCUT2D eigenvalue weighted by Crippen LogP contribution is 2.21. The third-order valence-electron chi connectivity index (χ3n) is 5.30. The number of sulfone groups is 1. The molecule has 1 heterocycles. The first-order valence-corrected chi connectivity index (χ1v) is 12.1. The normalized spacial score (nSPS) is 13.6. The number of hydrogen-bond donors (Lipinski definition) is 2. The topological polar surface area (TPSA) is 110 Å². The van der Waals surface area contributed by atoms with Gasteiger partial charge in [0.2, 0.25) is 0 Å². The summed E-state index contributed by atoms with van der Waals surface area (Å²) in [5.41, 5.74) is 2.43. The molecule has 2 N–H and O–H groups in total. The highest BCUT2D eigenvalue weighted by molar-refractivity contribution is 7.90. The molecule has 0 saturated heterocycles. The summed E-state index contributed by atoms with van der Waals surface area (Å²) in [4.78, 5) is 29.9. The van der Waals surface area contributed by atoms with E-state index in [9.17, 15) is 18.0 Å². The molecule has 0 spiro atoms. The maximum absolute atomic E-state index is 13.1. The second-order valence-corrected chi connectivity index (χ2v) is 9.99. The number of hydrogen-bond acceptors (Lipinski definition) is 6. The highest BCUT2D eigenvalue weighted by atomic mass is 32.2. The number of nitrogens with one attached hydrogen (secondary N) is 2. The van der Waals surface area contributed by atoms with Gasteiger partial charge in [0.25, 0.3) is 11.5 Å². The molecular weight excluding hydrogens is 428 g/mol. The molecule has 4 rings (SSSR count). The van der Waals surface area contributed by atoms with E-state index in [0.29, 0.717) is 17.8 Å². The van der Waals surface area contributed by atoms with Crippen LogP contribution in [0.25, 0.3) is 5.69 Å². The van der Waals surface area contributed by atoms with Crippen molar-refractivity contribution in [1.82, 2.24) is 14.9 Å². The molecular formula is C23H24N4O4S. The van der Waals surface area contributed by atoms with Crippen LogP contribution >= 0.6 is 0 Å². The van der Waals surface area contributed by atoms with E-state index in [1.165, 1.54) is 22.9 Å². The number of amides is 1. The molecule has 1 aromatic heterocycles. The summed E-state index contributed by atoms with van der Waals surface area (Å²) in [6, 6.07) is 12.0. The molecule has 0 bridgehead atoms. The SMILES string of the molecule is Cc1ccc(C(=O)NC2CC2)cc1-n1ccnc(NCc2ccc(S(C)(=O)=O)cc2)c1=O. The maximum Gasteiger partial charge on any atom is 0.297 e. The third-order valence-corrected chi connectivity index (χ3v) is 6.42. The Bertz CT molecular complexity index is 1330. The van der Waals surface area contributed by atoms with Crippen molar-refractivity contribution in [2.24, 2.45) is 0 Å². The molecule has 1 aliphatic rings. The van der Waals surface area contributed by atoms with Crippen LogP contribution in [-0.4, -0.2) is 36.2 Å². The fourth-order valence-electron chi connectivity index (χ4n) is 3.27. The number of aryl methyl sites for hydroxylation is 1. The minimum atomic E-state index is -3.26. The van der Waals surface area contributed by atoms with Crippen molar-refractivity contribution in [3.8, 4) is 5.69 Å². The van der Waals surface area contributed by atoms with Crippen LogP contribution in [-0.2, 0) is 16.4 Å². The van der Waals surface area contributed by atoms with Gasteiger partial charge in [-0.1, -0.05) is 18.2 Å². The zero-order valence-corrected chi connectivity index (χ0v) is 18.6. The van der Waals surface area contributed by atoms with Gasteiger partial charge in [0, 0.05) is 36.8 Å². The van der Waals surface area contributed by atoms with Gasteiger partial charge in [-0.25, -0.2) is 13.4 Å². The van der Waals surface area contributed by atoms with Gasteiger partial charge in [0.1, 0.15) is 0 Å². The van der Waals surface area contributed by atoms with Gasteiger partial charge in [-0.2, -0.15) is 0 Å². The molecule has 1 aliphatic carbocycles. The lowest BCUT2D eigenvalue weighted by Gasteiger charge is -2.13. The van der Waals surface area contributed by atoms with Crippen molar-refractivity contribution >= 4 is 21.6 Å². The molecule has 1 amide bonds. The van der Waals surface area contributed by atoms with Crippen LogP contribution in [0.2, 0.25) is 0 Å². The van der Waals surface area contributed by atoms with Crippen LogP contribution in [0.4, 0.5) is 5.82 Å². The summed E-state index contributed by atoms with van der Waals surface area (Å²) in [5.74, 6) is 0.0127. The Morgan fingerprint density at radius 1 is 1.16 bits per heavy atom. The Hall–Kier alpha value is -3.46. The average Bonchev–Trinajstić information content (AvgIpc) is 3.57. The Balaban J connectivity index is 1.56. The number of anilines is 1. The van der Waals surface area contributed by atoms with Crippen LogP contribution in [0.3, 0.4) is 0 Å². The van der Waals surface area contributed by atoms with Gasteiger partial charge >= 0.3 is 0 Å². The quantitative estimate of drug-likeness (QED) is 0.570. The second-order valence-electron chi connectivity index (χ2n) is 7.97. The molecule has 166 valence electrons. The third kappa shape index (κ3) is 4.88. The summed E-state index contributed by atoms with van der Waals surface area (Å²) in [5, 5.41) is 5.97. The molecule has 9 heteroatoms. The van der Waals surface area contributed by atoms with E-state index in [2.05, 4.69) is 15.6 Å². The summed E-state index contributed by atoms with van der Waals surface area (Å²) in [6.45, 7) is 2.18. The average molecular weight is 453 g/mol. The van der Waals surface area contributed by atoms with E-state index in [4.69, 9.17) is 0 Å². The predicted octanol–water partition coefficient (Wildman–Crippen LogP) is 2.45. The van der Waals surface area contributed by atoms with Crippen molar-refractivity contribution in [2.75, 3.05) is 11.6 Å². The largest absolute Gasteiger partial charge is 0.361 e. The lowest BCUT2D eigenvalue weighted by molar-refractivity contribution is 0.0951. The van der Waals surface area contributed by atoms with E-state index in [-0.39, 0.29) is 28.2 Å². The predicted molar refractivity (Wildman–Crippen MR) is 122 cm³/mol. The van der Waals surface area contributed by atoms with Crippen molar-refractivity contribution in [3.05, 3.63) is 81.9 Å². The first-order valence-electron chi connectivity index (χ1n) is 10.2. The fourth-order valence-corrected chi connectivity index (χ4v) is 3.90. The molecule has 3 aromatic rings. The second kappa shape index (κ2) is 8.58. The number of rotatable bonds is 7. The smallest absolute Gasteiger partial charge is 0.297 e. The molecule has 1 saturated carbocycles. The van der Waals surface area contributed by atoms with Crippen LogP contribution in [0.15, 0.2) is 64.5 Å².